The van der Waals surface area contributed by atoms with Crippen molar-refractivity contribution in [2.24, 2.45) is 5.11 Å². The standard InChI is InChI=1S/C6H3ClN4O/c7-4-1-2-5(9-3-4)6(12)10-11-8/h1-3H. The Kier molecular flexibility index (Phi) is 2.63. The van der Waals surface area contributed by atoms with E-state index in [0.717, 1.165) is 0 Å². The third-order valence-electron chi connectivity index (χ3n) is 1.08. The van der Waals surface area contributed by atoms with Crippen LogP contribution >= 0.6 is 11.6 Å². The van der Waals surface area contributed by atoms with Crippen LogP contribution in [0.1, 0.15) is 10.5 Å². The van der Waals surface area contributed by atoms with Crippen LogP contribution in [0.5, 0.6) is 0 Å². The van der Waals surface area contributed by atoms with E-state index in [9.17, 15) is 4.79 Å². The van der Waals surface area contributed by atoms with Gasteiger partial charge >= 0.3 is 0 Å². The molecule has 0 aliphatic heterocycles. The van der Waals surface area contributed by atoms with Crippen molar-refractivity contribution >= 4 is 17.5 Å². The van der Waals surface area contributed by atoms with E-state index < -0.39 is 5.91 Å². The fraction of sp³-hybridized carbons (Fsp3) is 0. The van der Waals surface area contributed by atoms with Gasteiger partial charge in [-0.1, -0.05) is 11.6 Å². The second-order valence-electron chi connectivity index (χ2n) is 1.86. The van der Waals surface area contributed by atoms with Crippen LogP contribution in [0.3, 0.4) is 0 Å². The molecule has 12 heavy (non-hydrogen) atoms. The van der Waals surface area contributed by atoms with E-state index >= 15 is 0 Å². The Bertz CT molecular complexity index is 341. The van der Waals surface area contributed by atoms with Crippen molar-refractivity contribution in [1.29, 1.82) is 0 Å². The summed E-state index contributed by atoms with van der Waals surface area (Å²) in [5, 5.41) is 3.28. The van der Waals surface area contributed by atoms with Gasteiger partial charge in [0.05, 0.1) is 5.02 Å². The predicted molar refractivity (Wildman–Crippen MR) is 42.7 cm³/mol. The van der Waals surface area contributed by atoms with E-state index in [4.69, 9.17) is 17.1 Å². The zero-order valence-corrected chi connectivity index (χ0v) is 6.56. The van der Waals surface area contributed by atoms with Gasteiger partial charge in [0, 0.05) is 11.1 Å². The van der Waals surface area contributed by atoms with Gasteiger partial charge in [-0.25, -0.2) is 0 Å². The Morgan fingerprint density at radius 2 is 2.42 bits per heavy atom. The number of azide groups is 1. The van der Waals surface area contributed by atoms with Crippen molar-refractivity contribution in [2.45, 2.75) is 0 Å². The number of nitrogens with zero attached hydrogens (tertiary/aromatic N) is 4. The van der Waals surface area contributed by atoms with Crippen LogP contribution in [-0.4, -0.2) is 10.9 Å². The van der Waals surface area contributed by atoms with Crippen molar-refractivity contribution in [3.05, 3.63) is 39.5 Å². The number of amides is 1. The van der Waals surface area contributed by atoms with E-state index in [1.54, 1.807) is 0 Å². The fourth-order valence-corrected chi connectivity index (χ4v) is 0.706. The number of halogens is 1. The minimum atomic E-state index is -0.714. The van der Waals surface area contributed by atoms with E-state index in [1.807, 2.05) is 0 Å². The summed E-state index contributed by atoms with van der Waals surface area (Å²) < 4.78 is 0. The van der Waals surface area contributed by atoms with E-state index in [-0.39, 0.29) is 5.69 Å². The highest BCUT2D eigenvalue weighted by atomic mass is 35.5. The topological polar surface area (TPSA) is 78.7 Å². The van der Waals surface area contributed by atoms with E-state index in [1.165, 1.54) is 18.3 Å². The van der Waals surface area contributed by atoms with E-state index in [0.29, 0.717) is 5.02 Å². The Hall–Kier alpha value is -1.58. The molecule has 5 nitrogen and oxygen atoms in total. The molecular weight excluding hydrogens is 180 g/mol. The van der Waals surface area contributed by atoms with Crippen molar-refractivity contribution in [2.75, 3.05) is 0 Å². The summed E-state index contributed by atoms with van der Waals surface area (Å²) in [5.74, 6) is -0.714. The number of aromatic nitrogens is 1. The first-order valence-corrected chi connectivity index (χ1v) is 3.33. The van der Waals surface area contributed by atoms with Gasteiger partial charge < -0.3 is 0 Å². The Labute approximate surface area is 72.6 Å². The Balaban J connectivity index is 2.97. The lowest BCUT2D eigenvalue weighted by atomic mass is 10.3. The summed E-state index contributed by atoms with van der Waals surface area (Å²) in [6.07, 6.45) is 1.31. The average molecular weight is 183 g/mol. The highest BCUT2D eigenvalue weighted by molar-refractivity contribution is 6.30. The fourth-order valence-electron chi connectivity index (χ4n) is 0.594. The summed E-state index contributed by atoms with van der Waals surface area (Å²) in [6, 6.07) is 2.88. The summed E-state index contributed by atoms with van der Waals surface area (Å²) in [6.45, 7) is 0. The molecule has 1 rings (SSSR count). The summed E-state index contributed by atoms with van der Waals surface area (Å²) in [4.78, 5) is 16.8. The average Bonchev–Trinajstić information content (AvgIpc) is 2.06. The summed E-state index contributed by atoms with van der Waals surface area (Å²) in [7, 11) is 0. The van der Waals surface area contributed by atoms with Crippen LogP contribution < -0.4 is 0 Å². The van der Waals surface area contributed by atoms with Crippen molar-refractivity contribution in [3.63, 3.8) is 0 Å². The van der Waals surface area contributed by atoms with Crippen LogP contribution in [-0.2, 0) is 0 Å². The molecule has 0 atom stereocenters. The van der Waals surface area contributed by atoms with Gasteiger partial charge in [-0.2, -0.15) is 0 Å². The first-order valence-electron chi connectivity index (χ1n) is 2.95. The number of hydrogen-bond donors (Lipinski definition) is 0. The van der Waals surface area contributed by atoms with Crippen LogP contribution in [0.4, 0.5) is 0 Å². The molecule has 0 aliphatic carbocycles. The van der Waals surface area contributed by atoms with Crippen LogP contribution in [0, 0.1) is 0 Å². The Morgan fingerprint density at radius 1 is 1.67 bits per heavy atom. The van der Waals surface area contributed by atoms with Gasteiger partial charge in [0.2, 0.25) is 0 Å². The highest BCUT2D eigenvalue weighted by Crippen LogP contribution is 2.06. The summed E-state index contributed by atoms with van der Waals surface area (Å²) >= 11 is 5.52. The molecule has 0 aliphatic rings. The van der Waals surface area contributed by atoms with Gasteiger partial charge in [-0.05, 0) is 22.8 Å². The molecule has 0 aromatic carbocycles. The van der Waals surface area contributed by atoms with Crippen LogP contribution in [0.25, 0.3) is 10.4 Å². The zero-order chi connectivity index (χ0) is 8.97. The normalized spacial score (nSPS) is 8.75. The lowest BCUT2D eigenvalue weighted by molar-refractivity contribution is 0.0995. The molecule has 0 saturated heterocycles. The molecule has 6 heteroatoms. The molecule has 0 N–H and O–H groups in total. The largest absolute Gasteiger partial charge is 0.285 e. The lowest BCUT2D eigenvalue weighted by Crippen LogP contribution is -1.95. The highest BCUT2D eigenvalue weighted by Gasteiger charge is 2.02. The second-order valence-corrected chi connectivity index (χ2v) is 2.29. The lowest BCUT2D eigenvalue weighted by Gasteiger charge is -1.91. The molecule has 0 fully saturated rings. The minimum Gasteiger partial charge on any atom is -0.285 e. The molecule has 0 radical (unpaired) electrons. The SMILES string of the molecule is [N-]=[N+]=NC(=O)c1ccc(Cl)cn1. The van der Waals surface area contributed by atoms with Gasteiger partial charge in [0.25, 0.3) is 5.91 Å². The van der Waals surface area contributed by atoms with Crippen molar-refractivity contribution in [3.8, 4) is 0 Å². The quantitative estimate of drug-likeness (QED) is 0.379. The smallest absolute Gasteiger partial charge is 0.267 e. The molecule has 0 saturated carbocycles. The van der Waals surface area contributed by atoms with Crippen LogP contribution in [0.15, 0.2) is 23.4 Å². The second kappa shape index (κ2) is 3.71. The maximum atomic E-state index is 10.8. The van der Waals surface area contributed by atoms with Gasteiger partial charge in [0.15, 0.2) is 0 Å². The molecule has 1 aromatic heterocycles. The maximum Gasteiger partial charge on any atom is 0.267 e. The molecule has 60 valence electrons. The van der Waals surface area contributed by atoms with E-state index in [2.05, 4.69) is 15.0 Å². The summed E-state index contributed by atoms with van der Waals surface area (Å²) in [5.41, 5.74) is 8.02. The molecule has 0 bridgehead atoms. The van der Waals surface area contributed by atoms with Crippen molar-refractivity contribution in [1.82, 2.24) is 4.98 Å². The maximum absolute atomic E-state index is 10.8. The monoisotopic (exact) mass is 182 g/mol. The number of carbonyl (C=O) groups is 1. The van der Waals surface area contributed by atoms with Crippen molar-refractivity contribution < 1.29 is 4.79 Å². The number of hydrogen-bond acceptors (Lipinski definition) is 2. The molecule has 1 aromatic rings. The first kappa shape index (κ1) is 8.52. The number of rotatable bonds is 1. The molecule has 0 unspecified atom stereocenters. The van der Waals surface area contributed by atoms with Crippen LogP contribution in [0.2, 0.25) is 5.02 Å². The molecule has 1 amide bonds. The zero-order valence-electron chi connectivity index (χ0n) is 5.81. The van der Waals surface area contributed by atoms with Gasteiger partial charge in [-0.15, -0.1) is 0 Å². The number of pyridine rings is 1. The number of carbonyl (C=O) groups excluding carboxylic acids is 1. The Morgan fingerprint density at radius 3 is 2.92 bits per heavy atom. The van der Waals surface area contributed by atoms with Gasteiger partial charge in [0.1, 0.15) is 5.69 Å². The minimum absolute atomic E-state index is 0.0807. The first-order chi connectivity index (χ1) is 5.74. The third-order valence-corrected chi connectivity index (χ3v) is 1.31. The predicted octanol–water partition coefficient (Wildman–Crippen LogP) is 2.19. The van der Waals surface area contributed by atoms with Gasteiger partial charge in [-0.3, -0.25) is 9.78 Å². The molecular formula is C6H3ClN4O. The third kappa shape index (κ3) is 1.95. The molecule has 1 heterocycles. The molecule has 0 spiro atoms.